The number of rotatable bonds is 2. The van der Waals surface area contributed by atoms with E-state index < -0.39 is 0 Å². The minimum absolute atomic E-state index is 0.670. The molecule has 0 N–H and O–H groups in total. The molecule has 0 bridgehead atoms. The van der Waals surface area contributed by atoms with Crippen molar-refractivity contribution in [3.05, 3.63) is 121 Å². The van der Waals surface area contributed by atoms with Crippen molar-refractivity contribution >= 4 is 65.2 Å². The quantitative estimate of drug-likeness (QED) is 0.224. The van der Waals surface area contributed by atoms with E-state index >= 15 is 0 Å². The highest BCUT2D eigenvalue weighted by atomic mass is 16.3. The van der Waals surface area contributed by atoms with Crippen LogP contribution in [-0.4, -0.2) is 9.97 Å². The maximum absolute atomic E-state index is 6.66. The predicted octanol–water partition coefficient (Wildman–Crippen LogP) is 9.76. The van der Waals surface area contributed by atoms with E-state index in [9.17, 15) is 0 Å². The number of nitrogens with zero attached hydrogens (tertiary/aromatic N) is 2. The van der Waals surface area contributed by atoms with Crippen molar-refractivity contribution in [2.45, 2.75) is 0 Å². The Balaban J connectivity index is 1.44. The Morgan fingerprint density at radius 1 is 0.462 bits per heavy atom. The molecule has 2 aromatic heterocycles. The average Bonchev–Trinajstić information content (AvgIpc) is 3.40. The highest BCUT2D eigenvalue weighted by molar-refractivity contribution is 6.37. The number of benzene rings is 7. The van der Waals surface area contributed by atoms with E-state index in [4.69, 9.17) is 14.4 Å². The minimum atomic E-state index is 0.670. The van der Waals surface area contributed by atoms with E-state index in [2.05, 4.69) is 91.0 Å². The van der Waals surface area contributed by atoms with Gasteiger partial charge in [0.05, 0.1) is 16.8 Å². The van der Waals surface area contributed by atoms with Crippen molar-refractivity contribution in [2.24, 2.45) is 0 Å². The van der Waals surface area contributed by atoms with Gasteiger partial charge in [-0.25, -0.2) is 9.97 Å². The van der Waals surface area contributed by atoms with E-state index in [0.717, 1.165) is 49.7 Å². The van der Waals surface area contributed by atoms with Crippen LogP contribution < -0.4 is 0 Å². The first kappa shape index (κ1) is 20.7. The molecule has 0 aliphatic heterocycles. The summed E-state index contributed by atoms with van der Waals surface area (Å²) in [6.45, 7) is 0. The standard InChI is InChI=1S/C36H20N2O/c1-2-10-22(11-3-1)34-26-13-6-7-15-29(26)37-36(38-34)28-20-19-27-31-23-12-5-4-9-21(23)17-18-25(31)24-14-8-16-30-32(24)33(27)35(28)39-30/h1-20H. The van der Waals surface area contributed by atoms with Gasteiger partial charge in [0.15, 0.2) is 5.82 Å². The molecule has 0 aliphatic carbocycles. The lowest BCUT2D eigenvalue weighted by atomic mass is 9.90. The Bertz CT molecular complexity index is 2390. The summed E-state index contributed by atoms with van der Waals surface area (Å²) in [5, 5.41) is 10.7. The van der Waals surface area contributed by atoms with Crippen LogP contribution in [0.3, 0.4) is 0 Å². The topological polar surface area (TPSA) is 38.9 Å². The van der Waals surface area contributed by atoms with Gasteiger partial charge in [0.1, 0.15) is 11.2 Å². The number of para-hydroxylation sites is 1. The average molecular weight is 497 g/mol. The summed E-state index contributed by atoms with van der Waals surface area (Å²) >= 11 is 0. The first-order valence-electron chi connectivity index (χ1n) is 13.2. The van der Waals surface area contributed by atoms with Gasteiger partial charge in [0.2, 0.25) is 0 Å². The van der Waals surface area contributed by atoms with Gasteiger partial charge in [0, 0.05) is 21.7 Å². The molecule has 0 atom stereocenters. The van der Waals surface area contributed by atoms with Crippen molar-refractivity contribution in [3.8, 4) is 22.6 Å². The van der Waals surface area contributed by atoms with E-state index in [0.29, 0.717) is 5.82 Å². The van der Waals surface area contributed by atoms with Crippen LogP contribution in [0.5, 0.6) is 0 Å². The van der Waals surface area contributed by atoms with Crippen molar-refractivity contribution in [1.82, 2.24) is 9.97 Å². The summed E-state index contributed by atoms with van der Waals surface area (Å²) in [5.74, 6) is 0.670. The van der Waals surface area contributed by atoms with Crippen LogP contribution in [0.4, 0.5) is 0 Å². The Hall–Kier alpha value is -5.28. The third kappa shape index (κ3) is 2.82. The maximum atomic E-state index is 6.66. The van der Waals surface area contributed by atoms with Crippen LogP contribution in [0.1, 0.15) is 0 Å². The normalized spacial score (nSPS) is 12.1. The summed E-state index contributed by atoms with van der Waals surface area (Å²) < 4.78 is 6.66. The molecule has 180 valence electrons. The van der Waals surface area contributed by atoms with Gasteiger partial charge in [-0.15, -0.1) is 0 Å². The summed E-state index contributed by atoms with van der Waals surface area (Å²) in [6.07, 6.45) is 0. The van der Waals surface area contributed by atoms with Crippen molar-refractivity contribution in [2.75, 3.05) is 0 Å². The number of furan rings is 1. The van der Waals surface area contributed by atoms with E-state index in [1.807, 2.05) is 30.3 Å². The van der Waals surface area contributed by atoms with Crippen LogP contribution >= 0.6 is 0 Å². The zero-order chi connectivity index (χ0) is 25.5. The van der Waals surface area contributed by atoms with Gasteiger partial charge in [-0.3, -0.25) is 0 Å². The molecule has 7 aromatic carbocycles. The molecule has 0 saturated heterocycles. The monoisotopic (exact) mass is 496 g/mol. The van der Waals surface area contributed by atoms with Crippen LogP contribution in [0.2, 0.25) is 0 Å². The lowest BCUT2D eigenvalue weighted by Gasteiger charge is -2.13. The largest absolute Gasteiger partial charge is 0.455 e. The molecule has 0 saturated carbocycles. The summed E-state index contributed by atoms with van der Waals surface area (Å²) in [5.41, 5.74) is 5.54. The third-order valence-electron chi connectivity index (χ3n) is 8.03. The van der Waals surface area contributed by atoms with Gasteiger partial charge < -0.3 is 4.42 Å². The zero-order valence-electron chi connectivity index (χ0n) is 20.8. The van der Waals surface area contributed by atoms with Crippen molar-refractivity contribution in [1.29, 1.82) is 0 Å². The maximum Gasteiger partial charge on any atom is 0.164 e. The van der Waals surface area contributed by atoms with Crippen molar-refractivity contribution in [3.63, 3.8) is 0 Å². The first-order chi connectivity index (χ1) is 19.3. The lowest BCUT2D eigenvalue weighted by molar-refractivity contribution is 0.670. The molecule has 3 heteroatoms. The highest BCUT2D eigenvalue weighted by Gasteiger charge is 2.22. The zero-order valence-corrected chi connectivity index (χ0v) is 20.8. The molecule has 0 unspecified atom stereocenters. The highest BCUT2D eigenvalue weighted by Crippen LogP contribution is 2.47. The molecular formula is C36H20N2O. The fourth-order valence-electron chi connectivity index (χ4n) is 6.33. The molecule has 0 amide bonds. The SMILES string of the molecule is c1ccc(-c2nc(-c3ccc4c5c6ccccc6ccc5c5cccc6oc3c4c65)nc3ccccc23)cc1. The van der Waals surface area contributed by atoms with Gasteiger partial charge in [0.25, 0.3) is 0 Å². The van der Waals surface area contributed by atoms with Gasteiger partial charge >= 0.3 is 0 Å². The van der Waals surface area contributed by atoms with Crippen LogP contribution in [0.15, 0.2) is 126 Å². The second kappa shape index (κ2) is 7.62. The summed E-state index contributed by atoms with van der Waals surface area (Å²) in [4.78, 5) is 10.2. The number of hydrogen-bond donors (Lipinski definition) is 0. The smallest absolute Gasteiger partial charge is 0.164 e. The van der Waals surface area contributed by atoms with Gasteiger partial charge in [-0.2, -0.15) is 0 Å². The molecule has 9 rings (SSSR count). The molecule has 9 aromatic rings. The van der Waals surface area contributed by atoms with E-state index in [1.54, 1.807) is 0 Å². The second-order valence-corrected chi connectivity index (χ2v) is 10.1. The predicted molar refractivity (Wildman–Crippen MR) is 161 cm³/mol. The number of aromatic nitrogens is 2. The Morgan fingerprint density at radius 2 is 1.21 bits per heavy atom. The van der Waals surface area contributed by atoms with Gasteiger partial charge in [-0.05, 0) is 50.5 Å². The molecule has 0 radical (unpaired) electrons. The fourth-order valence-corrected chi connectivity index (χ4v) is 6.33. The Labute approximate surface area is 223 Å². The number of fused-ring (bicyclic) bond motifs is 6. The van der Waals surface area contributed by atoms with E-state index in [-0.39, 0.29) is 0 Å². The molecule has 3 nitrogen and oxygen atoms in total. The van der Waals surface area contributed by atoms with Crippen molar-refractivity contribution < 1.29 is 4.42 Å². The third-order valence-corrected chi connectivity index (χ3v) is 8.03. The lowest BCUT2D eigenvalue weighted by Crippen LogP contribution is -1.95. The minimum Gasteiger partial charge on any atom is -0.455 e. The van der Waals surface area contributed by atoms with Crippen LogP contribution in [-0.2, 0) is 0 Å². The fraction of sp³-hybridized carbons (Fsp3) is 0. The van der Waals surface area contributed by atoms with Gasteiger partial charge in [-0.1, -0.05) is 103 Å². The molecule has 0 aliphatic rings. The second-order valence-electron chi connectivity index (χ2n) is 10.1. The summed E-state index contributed by atoms with van der Waals surface area (Å²) in [6, 6.07) is 42.4. The molecule has 0 fully saturated rings. The Kier molecular flexibility index (Phi) is 4.05. The number of hydrogen-bond acceptors (Lipinski definition) is 3. The summed E-state index contributed by atoms with van der Waals surface area (Å²) in [7, 11) is 0. The van der Waals surface area contributed by atoms with Crippen LogP contribution in [0, 0.1) is 0 Å². The van der Waals surface area contributed by atoms with Crippen LogP contribution in [0.25, 0.3) is 87.8 Å². The molecular weight excluding hydrogens is 476 g/mol. The molecule has 0 spiro atoms. The Morgan fingerprint density at radius 3 is 2.13 bits per heavy atom. The molecule has 39 heavy (non-hydrogen) atoms. The molecule has 2 heterocycles. The van der Waals surface area contributed by atoms with E-state index in [1.165, 1.54) is 32.3 Å². The first-order valence-corrected chi connectivity index (χ1v) is 13.2.